The van der Waals surface area contributed by atoms with Crippen LogP contribution in [0, 0.1) is 0 Å². The lowest BCUT2D eigenvalue weighted by molar-refractivity contribution is -0.123. The molecule has 1 unspecified atom stereocenters. The molecule has 0 fully saturated rings. The van der Waals surface area contributed by atoms with Crippen LogP contribution in [0.15, 0.2) is 48.5 Å². The molecular formula is C15H14N2O2. The van der Waals surface area contributed by atoms with Crippen LogP contribution in [-0.2, 0) is 11.2 Å². The highest BCUT2D eigenvalue weighted by Gasteiger charge is 2.27. The molecule has 0 aliphatic carbocycles. The second-order valence-corrected chi connectivity index (χ2v) is 4.54. The van der Waals surface area contributed by atoms with Crippen molar-refractivity contribution in [3.05, 3.63) is 54.1 Å². The Hall–Kier alpha value is -2.49. The Morgan fingerprint density at radius 1 is 1.11 bits per heavy atom. The molecule has 1 atom stereocenters. The van der Waals surface area contributed by atoms with Gasteiger partial charge in [-0.3, -0.25) is 4.79 Å². The molecule has 0 aromatic heterocycles. The van der Waals surface area contributed by atoms with E-state index >= 15 is 0 Å². The fourth-order valence-corrected chi connectivity index (χ4v) is 2.09. The molecule has 0 saturated heterocycles. The van der Waals surface area contributed by atoms with E-state index < -0.39 is 6.10 Å². The molecule has 0 saturated carbocycles. The monoisotopic (exact) mass is 254 g/mol. The Morgan fingerprint density at radius 3 is 2.63 bits per heavy atom. The van der Waals surface area contributed by atoms with Gasteiger partial charge in [0.15, 0.2) is 6.10 Å². The van der Waals surface area contributed by atoms with E-state index in [1.54, 1.807) is 0 Å². The van der Waals surface area contributed by atoms with Crippen LogP contribution in [-0.4, -0.2) is 12.0 Å². The van der Waals surface area contributed by atoms with Gasteiger partial charge in [-0.1, -0.05) is 24.3 Å². The van der Waals surface area contributed by atoms with Crippen LogP contribution in [0.25, 0.3) is 0 Å². The third kappa shape index (κ3) is 2.38. The number of hydrogen-bond acceptors (Lipinski definition) is 3. The standard InChI is InChI=1S/C15H14N2O2/c16-11-7-5-10(6-8-11)9-14-15(18)17-12-3-1-2-4-13(12)19-14/h1-8,14H,9,16H2,(H,17,18). The van der Waals surface area contributed by atoms with E-state index in [1.807, 2.05) is 48.5 Å². The number of amides is 1. The van der Waals surface area contributed by atoms with Gasteiger partial charge in [-0.2, -0.15) is 0 Å². The molecular weight excluding hydrogens is 240 g/mol. The van der Waals surface area contributed by atoms with Crippen molar-refractivity contribution in [3.8, 4) is 5.75 Å². The zero-order chi connectivity index (χ0) is 13.2. The molecule has 1 heterocycles. The van der Waals surface area contributed by atoms with E-state index in [4.69, 9.17) is 10.5 Å². The number of nitrogens with one attached hydrogen (secondary N) is 1. The van der Waals surface area contributed by atoms with Crippen molar-refractivity contribution in [2.75, 3.05) is 11.1 Å². The number of ether oxygens (including phenoxy) is 1. The number of nitrogen functional groups attached to an aromatic ring is 1. The third-order valence-corrected chi connectivity index (χ3v) is 3.11. The molecule has 1 aliphatic rings. The van der Waals surface area contributed by atoms with Gasteiger partial charge in [-0.25, -0.2) is 0 Å². The van der Waals surface area contributed by atoms with E-state index in [0.29, 0.717) is 17.9 Å². The molecule has 19 heavy (non-hydrogen) atoms. The molecule has 4 heteroatoms. The molecule has 4 nitrogen and oxygen atoms in total. The summed E-state index contributed by atoms with van der Waals surface area (Å²) < 4.78 is 5.74. The first kappa shape index (κ1) is 11.6. The molecule has 96 valence electrons. The summed E-state index contributed by atoms with van der Waals surface area (Å²) in [5.74, 6) is 0.595. The second kappa shape index (κ2) is 4.65. The predicted octanol–water partition coefficient (Wildman–Crippen LogP) is 2.21. The summed E-state index contributed by atoms with van der Waals surface area (Å²) >= 11 is 0. The minimum Gasteiger partial charge on any atom is -0.478 e. The highest BCUT2D eigenvalue weighted by Crippen LogP contribution is 2.29. The number of carbonyl (C=O) groups is 1. The maximum absolute atomic E-state index is 12.0. The SMILES string of the molecule is Nc1ccc(CC2Oc3ccccc3NC2=O)cc1. The molecule has 3 N–H and O–H groups in total. The first-order chi connectivity index (χ1) is 9.22. The third-order valence-electron chi connectivity index (χ3n) is 3.11. The van der Waals surface area contributed by atoms with Crippen LogP contribution in [0.5, 0.6) is 5.75 Å². The maximum Gasteiger partial charge on any atom is 0.265 e. The average molecular weight is 254 g/mol. The minimum atomic E-state index is -0.501. The van der Waals surface area contributed by atoms with Crippen molar-refractivity contribution in [2.24, 2.45) is 0 Å². The van der Waals surface area contributed by atoms with E-state index in [2.05, 4.69) is 5.32 Å². The zero-order valence-corrected chi connectivity index (χ0v) is 10.3. The molecule has 0 spiro atoms. The zero-order valence-electron chi connectivity index (χ0n) is 10.3. The number of hydrogen-bond donors (Lipinski definition) is 2. The smallest absolute Gasteiger partial charge is 0.265 e. The van der Waals surface area contributed by atoms with Crippen molar-refractivity contribution in [3.63, 3.8) is 0 Å². The number of fused-ring (bicyclic) bond motifs is 1. The molecule has 0 bridgehead atoms. The number of benzene rings is 2. The number of rotatable bonds is 2. The largest absolute Gasteiger partial charge is 0.478 e. The summed E-state index contributed by atoms with van der Waals surface area (Å²) in [7, 11) is 0. The fourth-order valence-electron chi connectivity index (χ4n) is 2.09. The van der Waals surface area contributed by atoms with Crippen LogP contribution in [0.2, 0.25) is 0 Å². The van der Waals surface area contributed by atoms with Gasteiger partial charge in [0.25, 0.3) is 5.91 Å². The van der Waals surface area contributed by atoms with Crippen molar-refractivity contribution in [2.45, 2.75) is 12.5 Å². The van der Waals surface area contributed by atoms with Crippen molar-refractivity contribution < 1.29 is 9.53 Å². The van der Waals surface area contributed by atoms with Crippen LogP contribution < -0.4 is 15.8 Å². The number of carbonyl (C=O) groups excluding carboxylic acids is 1. The first-order valence-electron chi connectivity index (χ1n) is 6.13. The van der Waals surface area contributed by atoms with Crippen LogP contribution in [0.1, 0.15) is 5.56 Å². The number of para-hydroxylation sites is 2. The molecule has 2 aromatic rings. The maximum atomic E-state index is 12.0. The molecule has 2 aromatic carbocycles. The van der Waals surface area contributed by atoms with Gasteiger partial charge in [0.05, 0.1) is 5.69 Å². The summed E-state index contributed by atoms with van der Waals surface area (Å²) in [5.41, 5.74) is 8.10. The Labute approximate surface area is 111 Å². The Morgan fingerprint density at radius 2 is 1.84 bits per heavy atom. The van der Waals surface area contributed by atoms with Crippen molar-refractivity contribution >= 4 is 17.3 Å². The Bertz CT molecular complexity index is 608. The van der Waals surface area contributed by atoms with Crippen molar-refractivity contribution in [1.82, 2.24) is 0 Å². The number of nitrogens with two attached hydrogens (primary N) is 1. The van der Waals surface area contributed by atoms with E-state index in [9.17, 15) is 4.79 Å². The van der Waals surface area contributed by atoms with Gasteiger partial charge in [0.2, 0.25) is 0 Å². The summed E-state index contributed by atoms with van der Waals surface area (Å²) in [5, 5.41) is 2.85. The lowest BCUT2D eigenvalue weighted by atomic mass is 10.1. The summed E-state index contributed by atoms with van der Waals surface area (Å²) in [6.45, 7) is 0. The van der Waals surface area contributed by atoms with E-state index in [1.165, 1.54) is 0 Å². The minimum absolute atomic E-state index is 0.115. The summed E-state index contributed by atoms with van der Waals surface area (Å²) in [6, 6.07) is 14.9. The lowest BCUT2D eigenvalue weighted by Gasteiger charge is -2.25. The highest BCUT2D eigenvalue weighted by molar-refractivity contribution is 5.97. The quantitative estimate of drug-likeness (QED) is 0.807. The van der Waals surface area contributed by atoms with Crippen LogP contribution in [0.4, 0.5) is 11.4 Å². The van der Waals surface area contributed by atoms with E-state index in [-0.39, 0.29) is 5.91 Å². The predicted molar refractivity (Wildman–Crippen MR) is 74.0 cm³/mol. The molecule has 1 amide bonds. The van der Waals surface area contributed by atoms with Gasteiger partial charge in [0.1, 0.15) is 5.75 Å². The molecule has 3 rings (SSSR count). The second-order valence-electron chi connectivity index (χ2n) is 4.54. The number of anilines is 2. The topological polar surface area (TPSA) is 64.3 Å². The van der Waals surface area contributed by atoms with Gasteiger partial charge < -0.3 is 15.8 Å². The van der Waals surface area contributed by atoms with Gasteiger partial charge in [-0.05, 0) is 29.8 Å². The van der Waals surface area contributed by atoms with Crippen molar-refractivity contribution in [1.29, 1.82) is 0 Å². The first-order valence-corrected chi connectivity index (χ1v) is 6.13. The molecule has 0 radical (unpaired) electrons. The Kier molecular flexibility index (Phi) is 2.83. The van der Waals surface area contributed by atoms with Crippen LogP contribution >= 0.6 is 0 Å². The van der Waals surface area contributed by atoms with E-state index in [0.717, 1.165) is 11.3 Å². The Balaban J connectivity index is 1.79. The molecule has 1 aliphatic heterocycles. The van der Waals surface area contributed by atoms with Gasteiger partial charge >= 0.3 is 0 Å². The van der Waals surface area contributed by atoms with Gasteiger partial charge in [-0.15, -0.1) is 0 Å². The highest BCUT2D eigenvalue weighted by atomic mass is 16.5. The fraction of sp³-hybridized carbons (Fsp3) is 0.133. The average Bonchev–Trinajstić information content (AvgIpc) is 2.42. The summed E-state index contributed by atoms with van der Waals surface area (Å²) in [6.07, 6.45) is 0.0269. The normalized spacial score (nSPS) is 17.3. The lowest BCUT2D eigenvalue weighted by Crippen LogP contribution is -2.38. The van der Waals surface area contributed by atoms with Gasteiger partial charge in [0, 0.05) is 12.1 Å². The van der Waals surface area contributed by atoms with Crippen LogP contribution in [0.3, 0.4) is 0 Å². The summed E-state index contributed by atoms with van der Waals surface area (Å²) in [4.78, 5) is 12.0.